The fourth-order valence-corrected chi connectivity index (χ4v) is 3.08. The summed E-state index contributed by atoms with van der Waals surface area (Å²) in [5.74, 6) is 1.17. The maximum Gasteiger partial charge on any atom is 0.255 e. The minimum Gasteiger partial charge on any atom is -0.493 e. The molecule has 1 amide bonds. The number of benzene rings is 2. The van der Waals surface area contributed by atoms with Gasteiger partial charge in [0, 0.05) is 47.5 Å². The van der Waals surface area contributed by atoms with E-state index in [1.807, 2.05) is 42.5 Å². The zero-order valence-corrected chi connectivity index (χ0v) is 18.1. The van der Waals surface area contributed by atoms with Crippen LogP contribution in [0.25, 0.3) is 0 Å². The summed E-state index contributed by atoms with van der Waals surface area (Å²) in [6.07, 6.45) is 4.99. The van der Waals surface area contributed by atoms with E-state index in [1.165, 1.54) is 0 Å². The number of pyridine rings is 2. The number of nitrogens with zero attached hydrogens (tertiary/aromatic N) is 2. The predicted octanol–water partition coefficient (Wildman–Crippen LogP) is 4.90. The van der Waals surface area contributed by atoms with E-state index in [9.17, 15) is 4.79 Å². The minimum atomic E-state index is -0.287. The zero-order valence-electron chi connectivity index (χ0n) is 18.1. The molecule has 0 fully saturated rings. The quantitative estimate of drug-likeness (QED) is 0.398. The Morgan fingerprint density at radius 3 is 2.45 bits per heavy atom. The largest absolute Gasteiger partial charge is 0.493 e. The van der Waals surface area contributed by atoms with Gasteiger partial charge in [0.2, 0.25) is 5.88 Å². The Balaban J connectivity index is 1.42. The van der Waals surface area contributed by atoms with Gasteiger partial charge in [-0.2, -0.15) is 0 Å². The summed E-state index contributed by atoms with van der Waals surface area (Å²) >= 11 is 0. The third-order valence-electron chi connectivity index (χ3n) is 4.77. The Hall–Kier alpha value is -4.39. The third kappa shape index (κ3) is 6.07. The highest BCUT2D eigenvalue weighted by molar-refractivity contribution is 6.04. The number of hydrogen-bond donors (Lipinski definition) is 1. The zero-order chi connectivity index (χ0) is 22.9. The molecule has 1 N–H and O–H groups in total. The van der Waals surface area contributed by atoms with Crippen molar-refractivity contribution in [1.29, 1.82) is 0 Å². The van der Waals surface area contributed by atoms with E-state index in [0.717, 1.165) is 11.1 Å². The standard InChI is InChI=1S/C26H23N3O4/c1-31-23-10-9-22(15-24(23)32-18-20-8-5-12-27-16-20)29-26(30)21-11-13-28-25(14-21)33-17-19-6-3-2-4-7-19/h2-16H,17-18H2,1H3,(H,29,30). The molecule has 0 aliphatic heterocycles. The highest BCUT2D eigenvalue weighted by Crippen LogP contribution is 2.31. The Morgan fingerprint density at radius 2 is 1.67 bits per heavy atom. The third-order valence-corrected chi connectivity index (χ3v) is 4.77. The summed E-state index contributed by atoms with van der Waals surface area (Å²) in [5.41, 5.74) is 2.95. The summed E-state index contributed by atoms with van der Waals surface area (Å²) in [6, 6.07) is 22.0. The summed E-state index contributed by atoms with van der Waals surface area (Å²) in [6.45, 7) is 0.698. The fourth-order valence-electron chi connectivity index (χ4n) is 3.08. The first-order chi connectivity index (χ1) is 16.2. The lowest BCUT2D eigenvalue weighted by molar-refractivity contribution is 0.102. The second-order valence-electron chi connectivity index (χ2n) is 7.13. The highest BCUT2D eigenvalue weighted by Gasteiger charge is 2.12. The van der Waals surface area contributed by atoms with Crippen LogP contribution in [0, 0.1) is 0 Å². The van der Waals surface area contributed by atoms with Crippen molar-refractivity contribution in [1.82, 2.24) is 9.97 Å². The Labute approximate surface area is 192 Å². The first-order valence-electron chi connectivity index (χ1n) is 10.3. The van der Waals surface area contributed by atoms with Crippen molar-refractivity contribution in [2.24, 2.45) is 0 Å². The molecule has 166 valence electrons. The van der Waals surface area contributed by atoms with Gasteiger partial charge in [0.1, 0.15) is 13.2 Å². The maximum atomic E-state index is 12.8. The second-order valence-corrected chi connectivity index (χ2v) is 7.13. The first-order valence-corrected chi connectivity index (χ1v) is 10.3. The SMILES string of the molecule is COc1ccc(NC(=O)c2ccnc(OCc3ccccc3)c2)cc1OCc1cccnc1. The number of carbonyl (C=O) groups is 1. The monoisotopic (exact) mass is 441 g/mol. The van der Waals surface area contributed by atoms with Crippen LogP contribution < -0.4 is 19.5 Å². The molecule has 0 aliphatic carbocycles. The number of amides is 1. The van der Waals surface area contributed by atoms with Crippen molar-refractivity contribution in [2.45, 2.75) is 13.2 Å². The molecule has 4 rings (SSSR count). The van der Waals surface area contributed by atoms with Crippen molar-refractivity contribution < 1.29 is 19.0 Å². The smallest absolute Gasteiger partial charge is 0.255 e. The molecule has 0 saturated heterocycles. The van der Waals surface area contributed by atoms with Crippen LogP contribution in [-0.4, -0.2) is 23.0 Å². The molecule has 0 spiro atoms. The van der Waals surface area contributed by atoms with E-state index in [2.05, 4.69) is 15.3 Å². The van der Waals surface area contributed by atoms with Crippen molar-refractivity contribution in [2.75, 3.05) is 12.4 Å². The lowest BCUT2D eigenvalue weighted by atomic mass is 10.2. The van der Waals surface area contributed by atoms with E-state index in [4.69, 9.17) is 14.2 Å². The van der Waals surface area contributed by atoms with Crippen LogP contribution in [0.3, 0.4) is 0 Å². The van der Waals surface area contributed by atoms with E-state index in [-0.39, 0.29) is 5.91 Å². The number of carbonyl (C=O) groups excluding carboxylic acids is 1. The minimum absolute atomic E-state index is 0.287. The summed E-state index contributed by atoms with van der Waals surface area (Å²) in [7, 11) is 1.57. The van der Waals surface area contributed by atoms with Crippen molar-refractivity contribution >= 4 is 11.6 Å². The molecule has 0 atom stereocenters. The number of anilines is 1. The van der Waals surface area contributed by atoms with E-state index in [1.54, 1.807) is 56.0 Å². The molecule has 0 saturated carbocycles. The van der Waals surface area contributed by atoms with Crippen molar-refractivity contribution in [3.63, 3.8) is 0 Å². The summed E-state index contributed by atoms with van der Waals surface area (Å²) < 4.78 is 17.0. The normalized spacial score (nSPS) is 10.3. The molecular formula is C26H23N3O4. The molecule has 4 aromatic rings. The molecular weight excluding hydrogens is 418 g/mol. The molecule has 2 aromatic carbocycles. The molecule has 33 heavy (non-hydrogen) atoms. The molecule has 0 aliphatic rings. The van der Waals surface area contributed by atoms with Crippen molar-refractivity contribution in [3.05, 3.63) is 108 Å². The molecule has 2 heterocycles. The van der Waals surface area contributed by atoms with Crippen LogP contribution in [-0.2, 0) is 13.2 Å². The van der Waals surface area contributed by atoms with Gasteiger partial charge in [-0.3, -0.25) is 9.78 Å². The van der Waals surface area contributed by atoms with Gasteiger partial charge in [-0.1, -0.05) is 36.4 Å². The molecule has 2 aromatic heterocycles. The highest BCUT2D eigenvalue weighted by atomic mass is 16.5. The van der Waals surface area contributed by atoms with E-state index >= 15 is 0 Å². The van der Waals surface area contributed by atoms with Gasteiger partial charge in [0.05, 0.1) is 7.11 Å². The summed E-state index contributed by atoms with van der Waals surface area (Å²) in [5, 5.41) is 2.88. The van der Waals surface area contributed by atoms with Crippen LogP contribution in [0.1, 0.15) is 21.5 Å². The van der Waals surface area contributed by atoms with Gasteiger partial charge in [0.15, 0.2) is 11.5 Å². The first kappa shape index (κ1) is 21.8. The molecule has 0 bridgehead atoms. The van der Waals surface area contributed by atoms with Gasteiger partial charge in [-0.25, -0.2) is 4.98 Å². The molecule has 7 nitrogen and oxygen atoms in total. The van der Waals surface area contributed by atoms with Crippen LogP contribution in [0.5, 0.6) is 17.4 Å². The fraction of sp³-hybridized carbons (Fsp3) is 0.115. The van der Waals surface area contributed by atoms with Crippen LogP contribution in [0.15, 0.2) is 91.4 Å². The van der Waals surface area contributed by atoms with Crippen molar-refractivity contribution in [3.8, 4) is 17.4 Å². The van der Waals surface area contributed by atoms with Gasteiger partial charge < -0.3 is 19.5 Å². The van der Waals surface area contributed by atoms with Gasteiger partial charge >= 0.3 is 0 Å². The van der Waals surface area contributed by atoms with E-state index in [0.29, 0.717) is 41.8 Å². The van der Waals surface area contributed by atoms with Crippen LogP contribution in [0.4, 0.5) is 5.69 Å². The summed E-state index contributed by atoms with van der Waals surface area (Å²) in [4.78, 5) is 21.1. The number of rotatable bonds is 9. The Morgan fingerprint density at radius 1 is 0.848 bits per heavy atom. The van der Waals surface area contributed by atoms with Gasteiger partial charge in [-0.05, 0) is 29.8 Å². The number of ether oxygens (including phenoxy) is 3. The number of aromatic nitrogens is 2. The molecule has 0 unspecified atom stereocenters. The average molecular weight is 441 g/mol. The lowest BCUT2D eigenvalue weighted by Gasteiger charge is -2.13. The second kappa shape index (κ2) is 10.8. The van der Waals surface area contributed by atoms with Crippen LogP contribution >= 0.6 is 0 Å². The predicted molar refractivity (Wildman–Crippen MR) is 125 cm³/mol. The Kier molecular flexibility index (Phi) is 7.12. The maximum absolute atomic E-state index is 12.8. The molecule has 7 heteroatoms. The number of hydrogen-bond acceptors (Lipinski definition) is 6. The number of methoxy groups -OCH3 is 1. The van der Waals surface area contributed by atoms with E-state index < -0.39 is 0 Å². The van der Waals surface area contributed by atoms with Crippen LogP contribution in [0.2, 0.25) is 0 Å². The average Bonchev–Trinajstić information content (AvgIpc) is 2.88. The Bertz CT molecular complexity index is 1200. The topological polar surface area (TPSA) is 82.6 Å². The van der Waals surface area contributed by atoms with Gasteiger partial charge in [-0.15, -0.1) is 0 Å². The molecule has 0 radical (unpaired) electrons. The van der Waals surface area contributed by atoms with Gasteiger partial charge in [0.25, 0.3) is 5.91 Å². The lowest BCUT2D eigenvalue weighted by Crippen LogP contribution is -2.12. The number of nitrogens with one attached hydrogen (secondary N) is 1.